The van der Waals surface area contributed by atoms with Crippen molar-refractivity contribution in [3.8, 4) is 0 Å². The fourth-order valence-corrected chi connectivity index (χ4v) is 2.55. The number of hydrogen-bond donors (Lipinski definition) is 2. The van der Waals surface area contributed by atoms with Crippen molar-refractivity contribution >= 4 is 29.2 Å². The molecule has 6 nitrogen and oxygen atoms in total. The third-order valence-corrected chi connectivity index (χ3v) is 3.59. The van der Waals surface area contributed by atoms with Crippen molar-refractivity contribution in [2.75, 3.05) is 7.05 Å². The van der Waals surface area contributed by atoms with E-state index in [1.54, 1.807) is 20.9 Å². The fourth-order valence-electron chi connectivity index (χ4n) is 1.89. The molecular weight excluding hydrogens is 292 g/mol. The summed E-state index contributed by atoms with van der Waals surface area (Å²) in [6.07, 6.45) is -0.142. The van der Waals surface area contributed by atoms with E-state index in [0.717, 1.165) is 5.56 Å². The minimum atomic E-state index is -0.964. The van der Waals surface area contributed by atoms with Crippen molar-refractivity contribution in [1.82, 2.24) is 10.2 Å². The van der Waals surface area contributed by atoms with Crippen molar-refractivity contribution < 1.29 is 19.5 Å². The molecule has 0 saturated carbocycles. The van der Waals surface area contributed by atoms with Crippen LogP contribution >= 0.6 is 11.3 Å². The zero-order valence-corrected chi connectivity index (χ0v) is 13.2. The van der Waals surface area contributed by atoms with Gasteiger partial charge in [-0.05, 0) is 27.8 Å². The Balaban J connectivity index is 2.46. The topological polar surface area (TPSA) is 86.7 Å². The van der Waals surface area contributed by atoms with Gasteiger partial charge in [0.05, 0.1) is 6.42 Å². The Morgan fingerprint density at radius 1 is 1.33 bits per heavy atom. The summed E-state index contributed by atoms with van der Waals surface area (Å²) in [5.41, 5.74) is 0.304. The van der Waals surface area contributed by atoms with Crippen LogP contribution in [-0.4, -0.2) is 35.0 Å². The number of rotatable bonds is 6. The number of hydrogen-bond acceptors (Lipinski definition) is 4. The first-order valence-electron chi connectivity index (χ1n) is 6.47. The Labute approximate surface area is 127 Å². The molecule has 0 aliphatic heterocycles. The Hall–Kier alpha value is -1.89. The molecule has 1 rings (SSSR count). The SMILES string of the molecule is CN(Cc1ccsc1)C(=O)NC(=O)CC(C)(C)CC(=O)O. The third-order valence-electron chi connectivity index (χ3n) is 2.86. The molecule has 0 fully saturated rings. The number of nitrogens with one attached hydrogen (secondary N) is 1. The van der Waals surface area contributed by atoms with Crippen LogP contribution in [0.1, 0.15) is 32.3 Å². The van der Waals surface area contributed by atoms with Gasteiger partial charge in [0.15, 0.2) is 0 Å². The molecule has 1 aromatic rings. The molecule has 0 bridgehead atoms. The average Bonchev–Trinajstić information content (AvgIpc) is 2.78. The number of imide groups is 1. The van der Waals surface area contributed by atoms with Crippen LogP contribution in [0.3, 0.4) is 0 Å². The maximum Gasteiger partial charge on any atom is 0.324 e. The highest BCUT2D eigenvalue weighted by atomic mass is 32.1. The van der Waals surface area contributed by atoms with Gasteiger partial charge in [0.1, 0.15) is 0 Å². The molecule has 0 unspecified atom stereocenters. The van der Waals surface area contributed by atoms with Crippen LogP contribution in [0, 0.1) is 5.41 Å². The van der Waals surface area contributed by atoms with Gasteiger partial charge in [0.2, 0.25) is 5.91 Å². The zero-order chi connectivity index (χ0) is 16.0. The summed E-state index contributed by atoms with van der Waals surface area (Å²) in [6.45, 7) is 3.78. The minimum absolute atomic E-state index is 0.0165. The lowest BCUT2D eigenvalue weighted by atomic mass is 9.85. The summed E-state index contributed by atoms with van der Waals surface area (Å²) in [5, 5.41) is 14.9. The summed E-state index contributed by atoms with van der Waals surface area (Å²) < 4.78 is 0. The quantitative estimate of drug-likeness (QED) is 0.844. The smallest absolute Gasteiger partial charge is 0.324 e. The Bertz CT molecular complexity index is 511. The molecule has 0 atom stereocenters. The zero-order valence-electron chi connectivity index (χ0n) is 12.4. The summed E-state index contributed by atoms with van der Waals surface area (Å²) in [4.78, 5) is 35.8. The molecular formula is C14H20N2O4S. The number of aliphatic carboxylic acids is 1. The summed E-state index contributed by atoms with van der Waals surface area (Å²) in [6, 6.07) is 1.42. The highest BCUT2D eigenvalue weighted by molar-refractivity contribution is 7.07. The number of urea groups is 1. The fraction of sp³-hybridized carbons (Fsp3) is 0.500. The second kappa shape index (κ2) is 7.21. The normalized spacial score (nSPS) is 11.0. The first-order chi connectivity index (χ1) is 9.69. The third kappa shape index (κ3) is 6.40. The van der Waals surface area contributed by atoms with E-state index in [4.69, 9.17) is 5.11 Å². The van der Waals surface area contributed by atoms with Crippen LogP contribution in [-0.2, 0) is 16.1 Å². The Kier molecular flexibility index (Phi) is 5.90. The lowest BCUT2D eigenvalue weighted by Gasteiger charge is -2.22. The molecule has 7 heteroatoms. The molecule has 0 aliphatic rings. The van der Waals surface area contributed by atoms with E-state index in [0.29, 0.717) is 6.54 Å². The second-order valence-corrected chi connectivity index (χ2v) is 6.53. The molecule has 3 amide bonds. The molecule has 116 valence electrons. The maximum atomic E-state index is 11.9. The monoisotopic (exact) mass is 312 g/mol. The highest BCUT2D eigenvalue weighted by Crippen LogP contribution is 2.24. The predicted molar refractivity (Wildman–Crippen MR) is 80.0 cm³/mol. The standard InChI is InChI=1S/C14H20N2O4S/c1-14(2,7-12(18)19)6-11(17)15-13(20)16(3)8-10-4-5-21-9-10/h4-5,9H,6-8H2,1-3H3,(H,18,19)(H,15,17,20). The van der Waals surface area contributed by atoms with E-state index < -0.39 is 23.3 Å². The van der Waals surface area contributed by atoms with Crippen molar-refractivity contribution in [3.05, 3.63) is 22.4 Å². The van der Waals surface area contributed by atoms with Gasteiger partial charge < -0.3 is 10.0 Å². The summed E-state index contributed by atoms with van der Waals surface area (Å²) in [7, 11) is 1.60. The molecule has 21 heavy (non-hydrogen) atoms. The van der Waals surface area contributed by atoms with Crippen LogP contribution in [0.2, 0.25) is 0 Å². The van der Waals surface area contributed by atoms with Gasteiger partial charge in [0.25, 0.3) is 0 Å². The van der Waals surface area contributed by atoms with E-state index in [9.17, 15) is 14.4 Å². The van der Waals surface area contributed by atoms with Gasteiger partial charge in [-0.2, -0.15) is 11.3 Å². The van der Waals surface area contributed by atoms with Crippen LogP contribution in [0.15, 0.2) is 16.8 Å². The lowest BCUT2D eigenvalue weighted by Crippen LogP contribution is -2.41. The van der Waals surface area contributed by atoms with Crippen molar-refractivity contribution in [2.45, 2.75) is 33.2 Å². The first kappa shape index (κ1) is 17.2. The van der Waals surface area contributed by atoms with Gasteiger partial charge in [-0.1, -0.05) is 13.8 Å². The van der Waals surface area contributed by atoms with Crippen molar-refractivity contribution in [1.29, 1.82) is 0 Å². The number of carboxylic acid groups (broad SMARTS) is 1. The molecule has 0 saturated heterocycles. The number of carbonyl (C=O) groups is 3. The predicted octanol–water partition coefficient (Wildman–Crippen LogP) is 2.31. The lowest BCUT2D eigenvalue weighted by molar-refractivity contribution is -0.139. The van der Waals surface area contributed by atoms with E-state index in [1.807, 2.05) is 16.8 Å². The van der Waals surface area contributed by atoms with E-state index in [-0.39, 0.29) is 12.8 Å². The first-order valence-corrected chi connectivity index (χ1v) is 7.42. The average molecular weight is 312 g/mol. The summed E-state index contributed by atoms with van der Waals surface area (Å²) in [5.74, 6) is -1.43. The van der Waals surface area contributed by atoms with Crippen molar-refractivity contribution in [3.63, 3.8) is 0 Å². The van der Waals surface area contributed by atoms with E-state index in [1.165, 1.54) is 16.2 Å². The molecule has 0 spiro atoms. The van der Waals surface area contributed by atoms with Crippen LogP contribution in [0.4, 0.5) is 4.79 Å². The number of carboxylic acids is 1. The highest BCUT2D eigenvalue weighted by Gasteiger charge is 2.26. The maximum absolute atomic E-state index is 11.9. The molecule has 0 aliphatic carbocycles. The number of amides is 3. The Morgan fingerprint density at radius 3 is 2.52 bits per heavy atom. The summed E-state index contributed by atoms with van der Waals surface area (Å²) >= 11 is 1.54. The molecule has 0 radical (unpaired) electrons. The van der Waals surface area contributed by atoms with Crippen molar-refractivity contribution in [2.24, 2.45) is 5.41 Å². The van der Waals surface area contributed by atoms with Crippen LogP contribution in [0.5, 0.6) is 0 Å². The Morgan fingerprint density at radius 2 is 2.00 bits per heavy atom. The molecule has 1 aromatic heterocycles. The van der Waals surface area contributed by atoms with Gasteiger partial charge in [-0.3, -0.25) is 14.9 Å². The largest absolute Gasteiger partial charge is 0.481 e. The van der Waals surface area contributed by atoms with Gasteiger partial charge in [-0.25, -0.2) is 4.79 Å². The van der Waals surface area contributed by atoms with E-state index in [2.05, 4.69) is 5.32 Å². The van der Waals surface area contributed by atoms with Gasteiger partial charge in [0, 0.05) is 20.0 Å². The van der Waals surface area contributed by atoms with Gasteiger partial charge in [-0.15, -0.1) is 0 Å². The van der Waals surface area contributed by atoms with E-state index >= 15 is 0 Å². The van der Waals surface area contributed by atoms with Gasteiger partial charge >= 0.3 is 12.0 Å². The molecule has 1 heterocycles. The second-order valence-electron chi connectivity index (χ2n) is 5.75. The minimum Gasteiger partial charge on any atom is -0.481 e. The van der Waals surface area contributed by atoms with Crippen LogP contribution in [0.25, 0.3) is 0 Å². The van der Waals surface area contributed by atoms with Crippen LogP contribution < -0.4 is 5.32 Å². The number of thiophene rings is 1. The molecule has 0 aromatic carbocycles. The number of carbonyl (C=O) groups excluding carboxylic acids is 2. The number of nitrogens with zero attached hydrogens (tertiary/aromatic N) is 1. The molecule has 2 N–H and O–H groups in total.